The third kappa shape index (κ3) is 4.44. The Morgan fingerprint density at radius 3 is 2.28 bits per heavy atom. The minimum absolute atomic E-state index is 0. The molecular weight excluding hydrogens is 330 g/mol. The van der Waals surface area contributed by atoms with Crippen LogP contribution in [0.15, 0.2) is 22.7 Å². The summed E-state index contributed by atoms with van der Waals surface area (Å²) in [5, 5.41) is 0. The predicted octanol–water partition coefficient (Wildman–Crippen LogP) is 4.94. The fraction of sp³-hybridized carbons (Fsp3) is 0.500. The fourth-order valence-electron chi connectivity index (χ4n) is 1.55. The number of benzene rings is 1. The highest BCUT2D eigenvalue weighted by molar-refractivity contribution is 9.10. The molecule has 0 aliphatic rings. The van der Waals surface area contributed by atoms with E-state index in [0.29, 0.717) is 10.0 Å². The number of hydrogen-bond acceptors (Lipinski definition) is 1. The Morgan fingerprint density at radius 1 is 1.28 bits per heavy atom. The second kappa shape index (κ2) is 6.78. The molecule has 1 aromatic carbocycles. The molecule has 0 aromatic heterocycles. The molecule has 0 aliphatic carbocycles. The van der Waals surface area contributed by atoms with E-state index in [2.05, 4.69) is 15.9 Å². The number of rotatable bonds is 3. The van der Waals surface area contributed by atoms with Crippen molar-refractivity contribution in [2.24, 2.45) is 11.7 Å². The van der Waals surface area contributed by atoms with Crippen LogP contribution in [0.25, 0.3) is 0 Å². The van der Waals surface area contributed by atoms with Crippen LogP contribution in [-0.2, 0) is 6.18 Å². The van der Waals surface area contributed by atoms with Gasteiger partial charge in [0.1, 0.15) is 0 Å². The van der Waals surface area contributed by atoms with Gasteiger partial charge < -0.3 is 5.73 Å². The second-order valence-electron chi connectivity index (χ2n) is 4.18. The molecule has 0 saturated heterocycles. The molecule has 1 unspecified atom stereocenters. The van der Waals surface area contributed by atoms with Crippen LogP contribution < -0.4 is 5.73 Å². The monoisotopic (exact) mass is 345 g/mol. The molecule has 0 fully saturated rings. The van der Waals surface area contributed by atoms with Crippen LogP contribution in [0.1, 0.15) is 37.4 Å². The highest BCUT2D eigenvalue weighted by Gasteiger charge is 2.31. The van der Waals surface area contributed by atoms with Crippen LogP contribution in [0.4, 0.5) is 13.2 Å². The van der Waals surface area contributed by atoms with Crippen molar-refractivity contribution in [3.05, 3.63) is 33.8 Å². The van der Waals surface area contributed by atoms with Crippen molar-refractivity contribution in [1.82, 2.24) is 0 Å². The molecule has 2 atom stereocenters. The Labute approximate surface area is 119 Å². The average molecular weight is 347 g/mol. The highest BCUT2D eigenvalue weighted by Crippen LogP contribution is 2.34. The topological polar surface area (TPSA) is 26.0 Å². The van der Waals surface area contributed by atoms with Crippen LogP contribution >= 0.6 is 28.3 Å². The highest BCUT2D eigenvalue weighted by atomic mass is 79.9. The summed E-state index contributed by atoms with van der Waals surface area (Å²) < 4.78 is 38.3. The Bertz CT molecular complexity index is 395. The summed E-state index contributed by atoms with van der Waals surface area (Å²) in [6.07, 6.45) is -3.51. The van der Waals surface area contributed by atoms with Gasteiger partial charge in [0, 0.05) is 10.5 Å². The molecule has 0 spiro atoms. The summed E-state index contributed by atoms with van der Waals surface area (Å²) >= 11 is 3.09. The number of halogens is 5. The molecule has 1 aromatic rings. The van der Waals surface area contributed by atoms with Gasteiger partial charge in [0.2, 0.25) is 0 Å². The zero-order valence-corrected chi connectivity index (χ0v) is 12.5. The van der Waals surface area contributed by atoms with Crippen molar-refractivity contribution in [1.29, 1.82) is 0 Å². The molecule has 0 saturated carbocycles. The van der Waals surface area contributed by atoms with Gasteiger partial charge in [-0.1, -0.05) is 36.2 Å². The van der Waals surface area contributed by atoms with Gasteiger partial charge in [0.25, 0.3) is 0 Å². The minimum Gasteiger partial charge on any atom is -0.324 e. The molecule has 6 heteroatoms. The van der Waals surface area contributed by atoms with E-state index in [1.165, 1.54) is 0 Å². The van der Waals surface area contributed by atoms with E-state index >= 15 is 0 Å². The summed E-state index contributed by atoms with van der Waals surface area (Å²) in [5.41, 5.74) is 5.79. The van der Waals surface area contributed by atoms with Crippen LogP contribution in [0.2, 0.25) is 0 Å². The molecule has 2 N–H and O–H groups in total. The third-order valence-corrected chi connectivity index (χ3v) is 3.35. The van der Waals surface area contributed by atoms with E-state index < -0.39 is 11.7 Å². The molecule has 0 amide bonds. The van der Waals surface area contributed by atoms with Crippen molar-refractivity contribution in [2.45, 2.75) is 32.5 Å². The minimum atomic E-state index is -4.34. The maximum Gasteiger partial charge on any atom is 0.416 e. The maximum atomic E-state index is 12.6. The Morgan fingerprint density at radius 2 is 1.83 bits per heavy atom. The third-order valence-electron chi connectivity index (χ3n) is 2.89. The molecule has 1 rings (SSSR count). The first-order chi connectivity index (χ1) is 7.75. The molecule has 104 valence electrons. The fourth-order valence-corrected chi connectivity index (χ4v) is 2.06. The average Bonchev–Trinajstić information content (AvgIpc) is 2.25. The summed E-state index contributed by atoms with van der Waals surface area (Å²) in [5.74, 6) is 0.144. The van der Waals surface area contributed by atoms with E-state index in [9.17, 15) is 13.2 Å². The van der Waals surface area contributed by atoms with Crippen LogP contribution in [0.5, 0.6) is 0 Å². The summed E-state index contributed by atoms with van der Waals surface area (Å²) in [4.78, 5) is 0. The maximum absolute atomic E-state index is 12.6. The largest absolute Gasteiger partial charge is 0.416 e. The molecule has 18 heavy (non-hydrogen) atoms. The lowest BCUT2D eigenvalue weighted by Gasteiger charge is -2.20. The summed E-state index contributed by atoms with van der Waals surface area (Å²) in [6.45, 7) is 3.89. The molecule has 1 nitrogen and oxygen atoms in total. The summed E-state index contributed by atoms with van der Waals surface area (Å²) in [6, 6.07) is 3.46. The van der Waals surface area contributed by atoms with E-state index in [0.717, 1.165) is 18.6 Å². The van der Waals surface area contributed by atoms with Crippen molar-refractivity contribution >= 4 is 28.3 Å². The molecule has 0 bridgehead atoms. The van der Waals surface area contributed by atoms with E-state index in [1.807, 2.05) is 13.8 Å². The van der Waals surface area contributed by atoms with Gasteiger partial charge in [-0.05, 0) is 29.7 Å². The number of alkyl halides is 3. The number of hydrogen-bond donors (Lipinski definition) is 1. The van der Waals surface area contributed by atoms with Gasteiger partial charge in [-0.3, -0.25) is 0 Å². The van der Waals surface area contributed by atoms with Crippen molar-refractivity contribution in [2.75, 3.05) is 0 Å². The Balaban J connectivity index is 0.00000289. The van der Waals surface area contributed by atoms with Crippen LogP contribution in [0.3, 0.4) is 0 Å². The molecule has 0 heterocycles. The number of nitrogens with two attached hydrogens (primary N) is 1. The molecule has 0 radical (unpaired) electrons. The van der Waals surface area contributed by atoms with Crippen molar-refractivity contribution in [3.63, 3.8) is 0 Å². The molecular formula is C12H16BrClF3N. The Kier molecular flexibility index (Phi) is 6.68. The quantitative estimate of drug-likeness (QED) is 0.824. The van der Waals surface area contributed by atoms with Gasteiger partial charge in [-0.15, -0.1) is 12.4 Å². The van der Waals surface area contributed by atoms with Crippen molar-refractivity contribution < 1.29 is 13.2 Å². The lowest BCUT2D eigenvalue weighted by atomic mass is 9.92. The van der Waals surface area contributed by atoms with Crippen LogP contribution in [0, 0.1) is 5.92 Å². The SMILES string of the molecule is CCC(C)[C@@H](N)c1cc(Br)cc(C(F)(F)F)c1.Cl. The lowest BCUT2D eigenvalue weighted by Crippen LogP contribution is -2.19. The van der Waals surface area contributed by atoms with E-state index in [1.54, 1.807) is 6.07 Å². The first kappa shape index (κ1) is 17.7. The van der Waals surface area contributed by atoms with Crippen molar-refractivity contribution in [3.8, 4) is 0 Å². The lowest BCUT2D eigenvalue weighted by molar-refractivity contribution is -0.137. The zero-order valence-electron chi connectivity index (χ0n) is 10.1. The molecule has 0 aliphatic heterocycles. The van der Waals surface area contributed by atoms with Gasteiger partial charge >= 0.3 is 6.18 Å². The second-order valence-corrected chi connectivity index (χ2v) is 5.10. The normalized spacial score (nSPS) is 14.8. The smallest absolute Gasteiger partial charge is 0.324 e. The van der Waals surface area contributed by atoms with Gasteiger partial charge in [-0.25, -0.2) is 0 Å². The van der Waals surface area contributed by atoms with Crippen LogP contribution in [-0.4, -0.2) is 0 Å². The standard InChI is InChI=1S/C12H15BrF3N.ClH/c1-3-7(2)11(17)8-4-9(12(14,15)16)6-10(13)5-8;/h4-7,11H,3,17H2,1-2H3;1H/t7?,11-;/m1./s1. The Hall–Kier alpha value is -0.260. The van der Waals surface area contributed by atoms with Gasteiger partial charge in [-0.2, -0.15) is 13.2 Å². The first-order valence-electron chi connectivity index (χ1n) is 5.39. The summed E-state index contributed by atoms with van der Waals surface area (Å²) in [7, 11) is 0. The first-order valence-corrected chi connectivity index (χ1v) is 6.18. The van der Waals surface area contributed by atoms with E-state index in [4.69, 9.17) is 5.73 Å². The van der Waals surface area contributed by atoms with Gasteiger partial charge in [0.05, 0.1) is 5.56 Å². The predicted molar refractivity (Wildman–Crippen MR) is 72.8 cm³/mol. The zero-order chi connectivity index (χ0) is 13.2. The van der Waals surface area contributed by atoms with Gasteiger partial charge in [0.15, 0.2) is 0 Å². The van der Waals surface area contributed by atoms with E-state index in [-0.39, 0.29) is 24.4 Å².